The highest BCUT2D eigenvalue weighted by Gasteiger charge is 2.54. The standard InChI is InChI=1S/C24H29F4N3/c1-2-16-12-19(25)22(30-20-14-23(20)10-6-3-7-11-23)31-21(16)29-15-18-9-5-4-8-17(18)13-24(26,27)28/h4-5,8-9,12,20H,2-3,6-7,10-11,13-15H2,1H3,(H2,29,30,31)/t20-/m1/s1. The maximum absolute atomic E-state index is 14.7. The molecule has 0 radical (unpaired) electrons. The Labute approximate surface area is 180 Å². The van der Waals surface area contributed by atoms with Crippen molar-refractivity contribution >= 4 is 11.6 Å². The molecular formula is C24H29F4N3. The number of nitrogens with one attached hydrogen (secondary N) is 2. The quantitative estimate of drug-likeness (QED) is 0.479. The Kier molecular flexibility index (Phi) is 6.13. The second-order valence-corrected chi connectivity index (χ2v) is 8.92. The van der Waals surface area contributed by atoms with Crippen LogP contribution >= 0.6 is 0 Å². The molecule has 1 aromatic heterocycles. The van der Waals surface area contributed by atoms with E-state index in [1.807, 2.05) is 6.92 Å². The fourth-order valence-corrected chi connectivity index (χ4v) is 4.87. The van der Waals surface area contributed by atoms with Gasteiger partial charge in [0.25, 0.3) is 0 Å². The van der Waals surface area contributed by atoms with Gasteiger partial charge in [0.05, 0.1) is 6.42 Å². The summed E-state index contributed by atoms with van der Waals surface area (Å²) in [4.78, 5) is 4.50. The lowest BCUT2D eigenvalue weighted by Gasteiger charge is -2.23. The van der Waals surface area contributed by atoms with Crippen molar-refractivity contribution in [1.82, 2.24) is 4.98 Å². The van der Waals surface area contributed by atoms with Crippen molar-refractivity contribution in [1.29, 1.82) is 0 Å². The van der Waals surface area contributed by atoms with E-state index in [1.165, 1.54) is 44.2 Å². The first-order valence-corrected chi connectivity index (χ1v) is 11.1. The van der Waals surface area contributed by atoms with Crippen molar-refractivity contribution in [2.24, 2.45) is 5.41 Å². The van der Waals surface area contributed by atoms with E-state index in [0.29, 0.717) is 28.8 Å². The smallest absolute Gasteiger partial charge is 0.366 e. The number of anilines is 2. The summed E-state index contributed by atoms with van der Waals surface area (Å²) in [5, 5.41) is 6.46. The summed E-state index contributed by atoms with van der Waals surface area (Å²) in [5.74, 6) is 0.375. The fraction of sp³-hybridized carbons (Fsp3) is 0.542. The minimum absolute atomic E-state index is 0.199. The first-order chi connectivity index (χ1) is 14.8. The Morgan fingerprint density at radius 1 is 1.03 bits per heavy atom. The lowest BCUT2D eigenvalue weighted by molar-refractivity contribution is -0.127. The van der Waals surface area contributed by atoms with Crippen LogP contribution in [0.4, 0.5) is 29.2 Å². The van der Waals surface area contributed by atoms with Crippen LogP contribution in [0, 0.1) is 11.2 Å². The molecular weight excluding hydrogens is 406 g/mol. The molecule has 1 aromatic carbocycles. The molecule has 0 bridgehead atoms. The van der Waals surface area contributed by atoms with Gasteiger partial charge in [0.2, 0.25) is 0 Å². The van der Waals surface area contributed by atoms with E-state index in [9.17, 15) is 17.6 Å². The molecule has 2 saturated carbocycles. The number of benzene rings is 1. The number of nitrogens with zero attached hydrogens (tertiary/aromatic N) is 1. The highest BCUT2D eigenvalue weighted by molar-refractivity contribution is 5.54. The predicted molar refractivity (Wildman–Crippen MR) is 115 cm³/mol. The van der Waals surface area contributed by atoms with Gasteiger partial charge in [0, 0.05) is 12.6 Å². The summed E-state index contributed by atoms with van der Waals surface area (Å²) in [6.45, 7) is 2.11. The summed E-state index contributed by atoms with van der Waals surface area (Å²) in [6, 6.07) is 8.24. The van der Waals surface area contributed by atoms with Crippen molar-refractivity contribution < 1.29 is 17.6 Å². The van der Waals surface area contributed by atoms with Gasteiger partial charge in [-0.2, -0.15) is 13.2 Å². The second kappa shape index (κ2) is 8.67. The Morgan fingerprint density at radius 3 is 2.42 bits per heavy atom. The number of rotatable bonds is 7. The van der Waals surface area contributed by atoms with E-state index in [0.717, 1.165) is 6.42 Å². The number of aromatic nitrogens is 1. The highest BCUT2D eigenvalue weighted by Crippen LogP contribution is 2.57. The molecule has 4 rings (SSSR count). The molecule has 0 saturated heterocycles. The zero-order valence-electron chi connectivity index (χ0n) is 17.8. The zero-order valence-corrected chi connectivity index (χ0v) is 17.8. The van der Waals surface area contributed by atoms with Crippen molar-refractivity contribution in [2.45, 2.75) is 77.1 Å². The van der Waals surface area contributed by atoms with Gasteiger partial charge >= 0.3 is 6.18 Å². The third kappa shape index (κ3) is 5.13. The van der Waals surface area contributed by atoms with E-state index in [4.69, 9.17) is 0 Å². The van der Waals surface area contributed by atoms with E-state index in [2.05, 4.69) is 15.6 Å². The van der Waals surface area contributed by atoms with Crippen LogP contribution in [0.1, 0.15) is 62.1 Å². The van der Waals surface area contributed by atoms with E-state index in [-0.39, 0.29) is 29.8 Å². The third-order valence-corrected chi connectivity index (χ3v) is 6.74. The maximum Gasteiger partial charge on any atom is 0.393 e. The van der Waals surface area contributed by atoms with E-state index < -0.39 is 12.6 Å². The van der Waals surface area contributed by atoms with Gasteiger partial charge in [-0.05, 0) is 53.9 Å². The summed E-state index contributed by atoms with van der Waals surface area (Å²) < 4.78 is 53.4. The van der Waals surface area contributed by atoms with Crippen molar-refractivity contribution in [3.63, 3.8) is 0 Å². The SMILES string of the molecule is CCc1cc(F)c(N[C@@H]2CC23CCCCC3)nc1NCc1ccccc1CC(F)(F)F. The molecule has 0 amide bonds. The van der Waals surface area contributed by atoms with Gasteiger partial charge in [0.15, 0.2) is 11.6 Å². The molecule has 31 heavy (non-hydrogen) atoms. The Balaban J connectivity index is 1.49. The number of alkyl halides is 3. The lowest BCUT2D eigenvalue weighted by Crippen LogP contribution is -2.19. The van der Waals surface area contributed by atoms with Crippen LogP contribution in [0.15, 0.2) is 30.3 Å². The van der Waals surface area contributed by atoms with Crippen LogP contribution in [0.2, 0.25) is 0 Å². The summed E-state index contributed by atoms with van der Waals surface area (Å²) in [5.41, 5.74) is 1.79. The number of hydrogen-bond donors (Lipinski definition) is 2. The second-order valence-electron chi connectivity index (χ2n) is 8.92. The van der Waals surface area contributed by atoms with Crippen molar-refractivity contribution in [2.75, 3.05) is 10.6 Å². The summed E-state index contributed by atoms with van der Waals surface area (Å²) in [6.07, 6.45) is 2.48. The largest absolute Gasteiger partial charge is 0.393 e. The molecule has 2 aromatic rings. The number of pyridine rings is 1. The van der Waals surface area contributed by atoms with Gasteiger partial charge < -0.3 is 10.6 Å². The monoisotopic (exact) mass is 435 g/mol. The van der Waals surface area contributed by atoms with Crippen LogP contribution in [0.5, 0.6) is 0 Å². The molecule has 1 atom stereocenters. The maximum atomic E-state index is 14.7. The van der Waals surface area contributed by atoms with E-state index >= 15 is 0 Å². The zero-order chi connectivity index (χ0) is 22.1. The molecule has 2 fully saturated rings. The molecule has 1 spiro atoms. The van der Waals surface area contributed by atoms with Crippen LogP contribution in [-0.2, 0) is 19.4 Å². The normalized spacial score (nSPS) is 20.0. The Hall–Kier alpha value is -2.31. The minimum atomic E-state index is -4.27. The van der Waals surface area contributed by atoms with E-state index in [1.54, 1.807) is 18.2 Å². The summed E-state index contributed by atoms with van der Waals surface area (Å²) in [7, 11) is 0. The third-order valence-electron chi connectivity index (χ3n) is 6.74. The van der Waals surface area contributed by atoms with Gasteiger partial charge in [0.1, 0.15) is 5.82 Å². The summed E-state index contributed by atoms with van der Waals surface area (Å²) >= 11 is 0. The lowest BCUT2D eigenvalue weighted by atomic mass is 9.86. The molecule has 1 heterocycles. The molecule has 168 valence electrons. The van der Waals surface area contributed by atoms with Crippen molar-refractivity contribution in [3.05, 3.63) is 52.8 Å². The molecule has 3 nitrogen and oxygen atoms in total. The number of halogens is 4. The fourth-order valence-electron chi connectivity index (χ4n) is 4.87. The molecule has 2 N–H and O–H groups in total. The van der Waals surface area contributed by atoms with Crippen LogP contribution in [-0.4, -0.2) is 17.2 Å². The minimum Gasteiger partial charge on any atom is -0.366 e. The number of aryl methyl sites for hydroxylation is 1. The Morgan fingerprint density at radius 2 is 1.74 bits per heavy atom. The average Bonchev–Trinajstić information content (AvgIpc) is 3.38. The average molecular weight is 436 g/mol. The molecule has 2 aliphatic rings. The molecule has 2 aliphatic carbocycles. The molecule has 0 aliphatic heterocycles. The van der Waals surface area contributed by atoms with Gasteiger partial charge in [-0.3, -0.25) is 0 Å². The van der Waals surface area contributed by atoms with Gasteiger partial charge in [-0.25, -0.2) is 9.37 Å². The van der Waals surface area contributed by atoms with Gasteiger partial charge in [-0.1, -0.05) is 50.5 Å². The first kappa shape index (κ1) is 21.9. The topological polar surface area (TPSA) is 37.0 Å². The predicted octanol–water partition coefficient (Wildman–Crippen LogP) is 6.63. The van der Waals surface area contributed by atoms with Crippen LogP contribution in [0.25, 0.3) is 0 Å². The van der Waals surface area contributed by atoms with Crippen molar-refractivity contribution in [3.8, 4) is 0 Å². The molecule has 0 unspecified atom stereocenters. The molecule has 7 heteroatoms. The van der Waals surface area contributed by atoms with Crippen LogP contribution in [0.3, 0.4) is 0 Å². The van der Waals surface area contributed by atoms with Gasteiger partial charge in [-0.15, -0.1) is 0 Å². The first-order valence-electron chi connectivity index (χ1n) is 11.1. The van der Waals surface area contributed by atoms with Crippen LogP contribution < -0.4 is 10.6 Å². The highest BCUT2D eigenvalue weighted by atomic mass is 19.4. The number of hydrogen-bond acceptors (Lipinski definition) is 3. The Bertz CT molecular complexity index is 920.